The standard InChI is InChI=1S/C11H14N2O3/c1-6(11(14)15)9-8(16-2)5-12-10(13-9)7-3-4-7/h5-7H,3-4H2,1-2H3,(H,14,15). The molecule has 0 bridgehead atoms. The number of carboxylic acid groups (broad SMARTS) is 1. The molecule has 0 amide bonds. The number of carboxylic acids is 1. The first kappa shape index (κ1) is 10.9. The minimum atomic E-state index is -0.904. The predicted octanol–water partition coefficient (Wildman–Crippen LogP) is 1.55. The lowest BCUT2D eigenvalue weighted by molar-refractivity contribution is -0.138. The Kier molecular flexibility index (Phi) is 2.77. The van der Waals surface area contributed by atoms with Gasteiger partial charge >= 0.3 is 5.97 Å². The summed E-state index contributed by atoms with van der Waals surface area (Å²) in [5, 5.41) is 8.98. The summed E-state index contributed by atoms with van der Waals surface area (Å²) in [7, 11) is 1.49. The maximum Gasteiger partial charge on any atom is 0.312 e. The SMILES string of the molecule is COc1cnc(C2CC2)nc1C(C)C(=O)O. The van der Waals surface area contributed by atoms with Crippen molar-refractivity contribution in [1.29, 1.82) is 0 Å². The van der Waals surface area contributed by atoms with Gasteiger partial charge in [0, 0.05) is 5.92 Å². The molecule has 5 heteroatoms. The van der Waals surface area contributed by atoms with E-state index in [4.69, 9.17) is 9.84 Å². The van der Waals surface area contributed by atoms with Crippen LogP contribution >= 0.6 is 0 Å². The van der Waals surface area contributed by atoms with E-state index in [0.29, 0.717) is 17.4 Å². The minimum absolute atomic E-state index is 0.408. The zero-order valence-corrected chi connectivity index (χ0v) is 9.30. The van der Waals surface area contributed by atoms with Crippen LogP contribution in [0.4, 0.5) is 0 Å². The number of hydrogen-bond donors (Lipinski definition) is 1. The van der Waals surface area contributed by atoms with E-state index in [1.54, 1.807) is 13.1 Å². The van der Waals surface area contributed by atoms with Gasteiger partial charge in [-0.15, -0.1) is 0 Å². The molecule has 1 N–H and O–H groups in total. The summed E-state index contributed by atoms with van der Waals surface area (Å²) in [6, 6.07) is 0. The summed E-state index contributed by atoms with van der Waals surface area (Å²) in [6.45, 7) is 1.60. The largest absolute Gasteiger partial charge is 0.493 e. The highest BCUT2D eigenvalue weighted by molar-refractivity contribution is 5.75. The molecule has 1 heterocycles. The Bertz CT molecular complexity index is 416. The monoisotopic (exact) mass is 222 g/mol. The number of aromatic nitrogens is 2. The summed E-state index contributed by atoms with van der Waals surface area (Å²) in [4.78, 5) is 19.4. The molecule has 2 rings (SSSR count). The molecule has 0 radical (unpaired) electrons. The van der Waals surface area contributed by atoms with Gasteiger partial charge in [-0.1, -0.05) is 0 Å². The Hall–Kier alpha value is -1.65. The van der Waals surface area contributed by atoms with Crippen molar-refractivity contribution in [2.45, 2.75) is 31.6 Å². The zero-order chi connectivity index (χ0) is 11.7. The van der Waals surface area contributed by atoms with E-state index in [1.807, 2.05) is 0 Å². The van der Waals surface area contributed by atoms with Gasteiger partial charge in [0.2, 0.25) is 0 Å². The first-order valence-corrected chi connectivity index (χ1v) is 5.27. The average Bonchev–Trinajstić information content (AvgIpc) is 3.11. The van der Waals surface area contributed by atoms with Crippen molar-refractivity contribution in [3.8, 4) is 5.75 Å². The van der Waals surface area contributed by atoms with Crippen molar-refractivity contribution in [1.82, 2.24) is 9.97 Å². The van der Waals surface area contributed by atoms with Gasteiger partial charge in [0.15, 0.2) is 5.75 Å². The number of hydrogen-bond acceptors (Lipinski definition) is 4. The molecule has 1 atom stereocenters. The first-order valence-electron chi connectivity index (χ1n) is 5.27. The van der Waals surface area contributed by atoms with Crippen LogP contribution in [0.5, 0.6) is 5.75 Å². The van der Waals surface area contributed by atoms with E-state index in [1.165, 1.54) is 7.11 Å². The minimum Gasteiger partial charge on any atom is -0.493 e. The second kappa shape index (κ2) is 4.08. The molecular formula is C11H14N2O3. The number of aliphatic carboxylic acids is 1. The third-order valence-corrected chi connectivity index (χ3v) is 2.74. The molecule has 86 valence electrons. The topological polar surface area (TPSA) is 72.3 Å². The van der Waals surface area contributed by atoms with Crippen LogP contribution in [0.1, 0.15) is 43.1 Å². The average molecular weight is 222 g/mol. The Morgan fingerprint density at radius 1 is 1.62 bits per heavy atom. The summed E-state index contributed by atoms with van der Waals surface area (Å²) in [5.74, 6) is 0.0167. The Balaban J connectivity index is 2.38. The normalized spacial score (nSPS) is 16.9. The fourth-order valence-electron chi connectivity index (χ4n) is 1.52. The van der Waals surface area contributed by atoms with E-state index in [0.717, 1.165) is 18.7 Å². The molecule has 1 aliphatic carbocycles. The number of methoxy groups -OCH3 is 1. The van der Waals surface area contributed by atoms with Crippen molar-refractivity contribution < 1.29 is 14.6 Å². The predicted molar refractivity (Wildman–Crippen MR) is 56.6 cm³/mol. The smallest absolute Gasteiger partial charge is 0.312 e. The molecule has 1 aromatic heterocycles. The lowest BCUT2D eigenvalue weighted by Crippen LogP contribution is -2.12. The van der Waals surface area contributed by atoms with Crippen LogP contribution in [0.3, 0.4) is 0 Å². The number of nitrogens with zero attached hydrogens (tertiary/aromatic N) is 2. The van der Waals surface area contributed by atoms with Crippen LogP contribution in [0.25, 0.3) is 0 Å². The number of rotatable bonds is 4. The molecule has 1 unspecified atom stereocenters. The van der Waals surface area contributed by atoms with Gasteiger partial charge in [0.1, 0.15) is 5.82 Å². The highest BCUT2D eigenvalue weighted by Crippen LogP contribution is 2.39. The van der Waals surface area contributed by atoms with Crippen molar-refractivity contribution in [3.05, 3.63) is 17.7 Å². The molecule has 5 nitrogen and oxygen atoms in total. The Labute approximate surface area is 93.5 Å². The molecule has 1 aromatic rings. The third kappa shape index (κ3) is 1.98. The van der Waals surface area contributed by atoms with Gasteiger partial charge < -0.3 is 9.84 Å². The van der Waals surface area contributed by atoms with Gasteiger partial charge in [-0.25, -0.2) is 9.97 Å². The summed E-state index contributed by atoms with van der Waals surface area (Å²) >= 11 is 0. The Morgan fingerprint density at radius 2 is 2.31 bits per heavy atom. The van der Waals surface area contributed by atoms with E-state index in [2.05, 4.69) is 9.97 Å². The van der Waals surface area contributed by atoms with E-state index in [-0.39, 0.29) is 0 Å². The number of ether oxygens (including phenoxy) is 1. The number of carbonyl (C=O) groups is 1. The van der Waals surface area contributed by atoms with Gasteiger partial charge in [-0.2, -0.15) is 0 Å². The van der Waals surface area contributed by atoms with Crippen molar-refractivity contribution >= 4 is 5.97 Å². The molecule has 1 saturated carbocycles. The van der Waals surface area contributed by atoms with Crippen LogP contribution in [-0.4, -0.2) is 28.2 Å². The van der Waals surface area contributed by atoms with Crippen molar-refractivity contribution in [2.75, 3.05) is 7.11 Å². The van der Waals surface area contributed by atoms with E-state index >= 15 is 0 Å². The maximum atomic E-state index is 10.9. The first-order chi connectivity index (χ1) is 7.63. The summed E-state index contributed by atoms with van der Waals surface area (Å²) in [6.07, 6.45) is 3.75. The summed E-state index contributed by atoms with van der Waals surface area (Å²) in [5.41, 5.74) is 0.465. The zero-order valence-electron chi connectivity index (χ0n) is 9.30. The quantitative estimate of drug-likeness (QED) is 0.836. The van der Waals surface area contributed by atoms with Gasteiger partial charge in [-0.3, -0.25) is 4.79 Å². The lowest BCUT2D eigenvalue weighted by Gasteiger charge is -2.11. The molecule has 0 spiro atoms. The van der Waals surface area contributed by atoms with Gasteiger partial charge in [0.05, 0.1) is 24.9 Å². The molecule has 1 fully saturated rings. The van der Waals surface area contributed by atoms with Crippen LogP contribution in [0, 0.1) is 0 Å². The van der Waals surface area contributed by atoms with Gasteiger partial charge in [-0.05, 0) is 19.8 Å². The summed E-state index contributed by atoms with van der Waals surface area (Å²) < 4.78 is 5.08. The maximum absolute atomic E-state index is 10.9. The second-order valence-corrected chi connectivity index (χ2v) is 4.02. The van der Waals surface area contributed by atoms with Crippen LogP contribution < -0.4 is 4.74 Å². The highest BCUT2D eigenvalue weighted by Gasteiger charge is 2.29. The fraction of sp³-hybridized carbons (Fsp3) is 0.545. The van der Waals surface area contributed by atoms with Crippen LogP contribution in [-0.2, 0) is 4.79 Å². The molecule has 0 saturated heterocycles. The Morgan fingerprint density at radius 3 is 2.81 bits per heavy atom. The highest BCUT2D eigenvalue weighted by atomic mass is 16.5. The molecule has 1 aliphatic rings. The molecule has 0 aromatic carbocycles. The van der Waals surface area contributed by atoms with Gasteiger partial charge in [0.25, 0.3) is 0 Å². The van der Waals surface area contributed by atoms with Crippen molar-refractivity contribution in [3.63, 3.8) is 0 Å². The van der Waals surface area contributed by atoms with E-state index < -0.39 is 11.9 Å². The van der Waals surface area contributed by atoms with Crippen LogP contribution in [0.2, 0.25) is 0 Å². The van der Waals surface area contributed by atoms with E-state index in [9.17, 15) is 4.79 Å². The van der Waals surface area contributed by atoms with Crippen LogP contribution in [0.15, 0.2) is 6.20 Å². The fourth-order valence-corrected chi connectivity index (χ4v) is 1.52. The molecule has 0 aliphatic heterocycles. The van der Waals surface area contributed by atoms with Crippen molar-refractivity contribution in [2.24, 2.45) is 0 Å². The third-order valence-electron chi connectivity index (χ3n) is 2.74. The molecular weight excluding hydrogens is 208 g/mol. The lowest BCUT2D eigenvalue weighted by atomic mass is 10.1. The molecule has 16 heavy (non-hydrogen) atoms. The second-order valence-electron chi connectivity index (χ2n) is 4.02.